The zero-order valence-corrected chi connectivity index (χ0v) is 32.2. The van der Waals surface area contributed by atoms with Crippen molar-refractivity contribution in [2.75, 3.05) is 14.2 Å². The Morgan fingerprint density at radius 1 is 0.769 bits per heavy atom. The van der Waals surface area contributed by atoms with Crippen LogP contribution in [-0.4, -0.2) is 62.2 Å². The molecule has 0 amide bonds. The fourth-order valence-electron chi connectivity index (χ4n) is 7.52. The lowest BCUT2D eigenvalue weighted by Gasteiger charge is -2.40. The van der Waals surface area contributed by atoms with Crippen molar-refractivity contribution in [2.24, 2.45) is 16.0 Å². The minimum atomic E-state index is -1.68. The molecule has 12 nitrogen and oxygen atoms in total. The van der Waals surface area contributed by atoms with Crippen LogP contribution in [0.15, 0.2) is 16.8 Å². The van der Waals surface area contributed by atoms with Crippen molar-refractivity contribution in [2.45, 2.75) is 83.8 Å². The molecule has 0 fully saturated rings. The number of methoxy groups -OCH3 is 2. The molecule has 4 aromatic rings. The molecule has 6 heterocycles. The van der Waals surface area contributed by atoms with E-state index in [4.69, 9.17) is 15.2 Å². The average molecular weight is 726 g/mol. The Balaban J connectivity index is 1.73. The third kappa shape index (κ3) is 5.92. The van der Waals surface area contributed by atoms with Crippen LogP contribution in [0, 0.1) is 27.7 Å². The van der Waals surface area contributed by atoms with E-state index in [1.165, 1.54) is 14.2 Å². The quantitative estimate of drug-likeness (QED) is 0.105. The maximum Gasteiger partial charge on any atom is 0.305 e. The maximum atomic E-state index is 12.4. The number of azo groups is 1. The Morgan fingerprint density at radius 2 is 1.29 bits per heavy atom. The van der Waals surface area contributed by atoms with Gasteiger partial charge >= 0.3 is 11.9 Å². The Labute approximate surface area is 304 Å². The molecule has 0 saturated heterocycles. The van der Waals surface area contributed by atoms with Crippen molar-refractivity contribution >= 4 is 51.6 Å². The SMILES string of the molecule is C=Cc1c(C)c2[nH]c1=Cc1[nH]c(c(CCC(=O)OC)c1C)C=c1[nH]c(c(C)c1CCC(=O)OC)=Cc1[nH]c(c([C@@]3(C)N=N[C@](O)(P)[C@@]3(C)N)c1C)C=2. The first-order valence-electron chi connectivity index (χ1n) is 17.3. The monoisotopic (exact) mass is 725 g/mol. The smallest absolute Gasteiger partial charge is 0.305 e. The van der Waals surface area contributed by atoms with E-state index in [-0.39, 0.29) is 24.8 Å². The molecule has 4 aromatic heterocycles. The predicted molar refractivity (Wildman–Crippen MR) is 205 cm³/mol. The number of hydrogen-bond donors (Lipinski definition) is 6. The minimum Gasteiger partial charge on any atom is -0.469 e. The van der Waals surface area contributed by atoms with Crippen molar-refractivity contribution in [3.8, 4) is 0 Å². The molecule has 7 N–H and O–H groups in total. The summed E-state index contributed by atoms with van der Waals surface area (Å²) >= 11 is 0. The van der Waals surface area contributed by atoms with Gasteiger partial charge < -0.3 is 40.2 Å². The highest BCUT2D eigenvalue weighted by Crippen LogP contribution is 2.52. The van der Waals surface area contributed by atoms with Crippen molar-refractivity contribution in [1.82, 2.24) is 19.9 Å². The predicted octanol–water partition coefficient (Wildman–Crippen LogP) is 2.64. The van der Waals surface area contributed by atoms with E-state index >= 15 is 0 Å². The number of fused-ring (bicyclic) bond motifs is 8. The van der Waals surface area contributed by atoms with Gasteiger partial charge in [-0.2, -0.15) is 10.2 Å². The minimum absolute atomic E-state index is 0.202. The summed E-state index contributed by atoms with van der Waals surface area (Å²) in [5, 5.41) is 23.5. The number of aromatic nitrogens is 4. The summed E-state index contributed by atoms with van der Waals surface area (Å²) in [5.74, 6) is -0.593. The van der Waals surface area contributed by atoms with E-state index in [0.29, 0.717) is 12.8 Å². The van der Waals surface area contributed by atoms with Gasteiger partial charge in [-0.3, -0.25) is 9.59 Å². The zero-order chi connectivity index (χ0) is 37.9. The van der Waals surface area contributed by atoms with Crippen LogP contribution in [0.3, 0.4) is 0 Å². The number of carbonyl (C=O) groups excluding carboxylic acids is 2. The summed E-state index contributed by atoms with van der Waals surface area (Å²) in [6.45, 7) is 15.9. The van der Waals surface area contributed by atoms with E-state index in [2.05, 4.69) is 52.1 Å². The molecular weight excluding hydrogens is 677 g/mol. The molecule has 2 aliphatic rings. The van der Waals surface area contributed by atoms with Crippen LogP contribution in [-0.2, 0) is 37.4 Å². The average Bonchev–Trinajstić information content (AvgIpc) is 3.80. The second kappa shape index (κ2) is 13.3. The molecule has 4 atom stereocenters. The second-order valence-corrected chi connectivity index (χ2v) is 15.0. The van der Waals surface area contributed by atoms with Crippen LogP contribution in [0.4, 0.5) is 0 Å². The molecule has 6 rings (SSSR count). The molecule has 0 aromatic carbocycles. The number of aromatic amines is 4. The van der Waals surface area contributed by atoms with Crippen LogP contribution < -0.4 is 27.1 Å². The number of aliphatic hydroxyl groups is 1. The van der Waals surface area contributed by atoms with Gasteiger partial charge in [0.1, 0.15) is 5.54 Å². The highest BCUT2D eigenvalue weighted by molar-refractivity contribution is 7.18. The standard InChI is InChI=1S/C39H48N7O5P/c1-10-23-19(2)28-17-33-36(37(6)38(7,40)39(49,52)46-45-37)22(5)29(44-33)15-26-20(3)24(11-13-34(47)50-8)31(42-26)18-32-25(12-14-35(48)51-9)21(4)27(43-32)16-30(23)41-28/h10,15-18,41-44,49H,1,11-14,40,52H2,2-9H3/t37-,38+,39-/m1/s1. The second-order valence-electron chi connectivity index (χ2n) is 14.2. The van der Waals surface area contributed by atoms with Crippen LogP contribution in [0.25, 0.3) is 30.4 Å². The Morgan fingerprint density at radius 3 is 1.88 bits per heavy atom. The number of hydrogen-bond acceptors (Lipinski definition) is 8. The van der Waals surface area contributed by atoms with Gasteiger partial charge in [0.15, 0.2) is 0 Å². The summed E-state index contributed by atoms with van der Waals surface area (Å²) in [6, 6.07) is 0. The van der Waals surface area contributed by atoms with Crippen molar-refractivity contribution in [1.29, 1.82) is 0 Å². The normalized spacial score (nSPS) is 21.9. The van der Waals surface area contributed by atoms with Gasteiger partial charge in [-0.15, -0.1) is 0 Å². The first-order valence-corrected chi connectivity index (χ1v) is 17.8. The van der Waals surface area contributed by atoms with Crippen molar-refractivity contribution in [3.63, 3.8) is 0 Å². The van der Waals surface area contributed by atoms with Gasteiger partial charge in [0.2, 0.25) is 5.47 Å². The highest BCUT2D eigenvalue weighted by atomic mass is 31.0. The summed E-state index contributed by atoms with van der Waals surface area (Å²) < 4.78 is 9.98. The van der Waals surface area contributed by atoms with Gasteiger partial charge in [0.25, 0.3) is 0 Å². The third-order valence-electron chi connectivity index (χ3n) is 11.2. The fraction of sp³-hybridized carbons (Fsp3) is 0.385. The van der Waals surface area contributed by atoms with Gasteiger partial charge in [-0.1, -0.05) is 21.9 Å². The number of H-pyrrole nitrogens is 4. The first-order chi connectivity index (χ1) is 24.5. The highest BCUT2D eigenvalue weighted by Gasteiger charge is 2.61. The van der Waals surface area contributed by atoms with Crippen molar-refractivity contribution < 1.29 is 24.2 Å². The number of nitrogens with zero attached hydrogens (tertiary/aromatic N) is 2. The first kappa shape index (κ1) is 37.0. The lowest BCUT2D eigenvalue weighted by atomic mass is 9.73. The Bertz CT molecular complexity index is 2420. The summed E-state index contributed by atoms with van der Waals surface area (Å²) in [6.07, 6.45) is 11.4. The molecule has 1 unspecified atom stereocenters. The van der Waals surface area contributed by atoms with Gasteiger partial charge in [0.05, 0.1) is 19.8 Å². The lowest BCUT2D eigenvalue weighted by molar-refractivity contribution is -0.141. The summed E-state index contributed by atoms with van der Waals surface area (Å²) in [4.78, 5) is 39.2. The molecule has 0 saturated carbocycles. The number of esters is 2. The summed E-state index contributed by atoms with van der Waals surface area (Å²) in [7, 11) is 5.14. The maximum absolute atomic E-state index is 12.4. The van der Waals surface area contributed by atoms with E-state index in [0.717, 1.165) is 88.7 Å². The number of nitrogens with one attached hydrogen (secondary N) is 4. The van der Waals surface area contributed by atoms with Crippen LogP contribution in [0.1, 0.15) is 94.0 Å². The van der Waals surface area contributed by atoms with E-state index in [1.807, 2.05) is 58.9 Å². The fourth-order valence-corrected chi connectivity index (χ4v) is 7.86. The van der Waals surface area contributed by atoms with E-state index in [1.54, 1.807) is 6.92 Å². The van der Waals surface area contributed by atoms with Crippen LogP contribution >= 0.6 is 9.24 Å². The number of carbonyl (C=O) groups is 2. The lowest BCUT2D eigenvalue weighted by Crippen LogP contribution is -2.61. The van der Waals surface area contributed by atoms with Gasteiger partial charge in [-0.25, -0.2) is 0 Å². The van der Waals surface area contributed by atoms with Gasteiger partial charge in [0, 0.05) is 68.1 Å². The third-order valence-corrected chi connectivity index (χ3v) is 11.9. The van der Waals surface area contributed by atoms with E-state index in [9.17, 15) is 14.7 Å². The van der Waals surface area contributed by atoms with Crippen molar-refractivity contribution in [3.05, 3.63) is 95.3 Å². The largest absolute Gasteiger partial charge is 0.469 e. The number of ether oxygens (including phenoxy) is 2. The van der Waals surface area contributed by atoms with Gasteiger partial charge in [-0.05, 0) is 112 Å². The zero-order valence-electron chi connectivity index (χ0n) is 31.1. The molecule has 0 aliphatic carbocycles. The molecule has 2 aliphatic heterocycles. The number of nitrogens with two attached hydrogens (primary N) is 1. The Hall–Kier alpha value is -4.77. The molecule has 52 heavy (non-hydrogen) atoms. The topological polar surface area (TPSA) is 187 Å². The molecule has 13 heteroatoms. The van der Waals surface area contributed by atoms with Crippen LogP contribution in [0.2, 0.25) is 0 Å². The molecule has 8 bridgehead atoms. The summed E-state index contributed by atoms with van der Waals surface area (Å²) in [5.41, 5.74) is 13.7. The number of rotatable bonds is 8. The van der Waals surface area contributed by atoms with E-state index < -0.39 is 16.5 Å². The molecule has 0 spiro atoms. The molecular formula is C39H48N7O5P. The molecule has 0 radical (unpaired) electrons. The molecule has 274 valence electrons. The Kier molecular flexibility index (Phi) is 9.49. The van der Waals surface area contributed by atoms with Crippen LogP contribution in [0.5, 0.6) is 0 Å².